The molecule has 2 heterocycles. The highest BCUT2D eigenvalue weighted by atomic mass is 16.5. The van der Waals surface area contributed by atoms with Gasteiger partial charge < -0.3 is 19.6 Å². The second-order valence-electron chi connectivity index (χ2n) is 9.10. The maximum absolute atomic E-state index is 12.4. The molecule has 0 unspecified atom stereocenters. The molecule has 30 heavy (non-hydrogen) atoms. The lowest BCUT2D eigenvalue weighted by molar-refractivity contribution is -0.000850. The van der Waals surface area contributed by atoms with Gasteiger partial charge in [0, 0.05) is 45.4 Å². The van der Waals surface area contributed by atoms with Crippen LogP contribution in [-0.2, 0) is 11.3 Å². The van der Waals surface area contributed by atoms with E-state index in [4.69, 9.17) is 9.15 Å². The molecule has 0 radical (unpaired) electrons. The topological polar surface area (TPSA) is 91.1 Å². The molecule has 1 atom stereocenters. The van der Waals surface area contributed by atoms with Crippen molar-refractivity contribution in [2.75, 3.05) is 45.9 Å². The number of ether oxygens (including phenoxy) is 1. The first-order valence-electron chi connectivity index (χ1n) is 11.5. The highest BCUT2D eigenvalue weighted by Gasteiger charge is 2.22. The molecule has 1 amide bonds. The molecule has 2 N–H and O–H groups in total. The zero-order valence-electron chi connectivity index (χ0n) is 18.5. The van der Waals surface area contributed by atoms with Gasteiger partial charge in [0.1, 0.15) is 6.26 Å². The summed E-state index contributed by atoms with van der Waals surface area (Å²) in [5.41, 5.74) is 0.374. The van der Waals surface area contributed by atoms with Gasteiger partial charge in [-0.1, -0.05) is 33.1 Å². The minimum atomic E-state index is -0.452. The van der Waals surface area contributed by atoms with Crippen LogP contribution in [-0.4, -0.2) is 83.9 Å². The van der Waals surface area contributed by atoms with E-state index in [0.717, 1.165) is 39.0 Å². The maximum atomic E-state index is 12.4. The van der Waals surface area contributed by atoms with E-state index in [1.54, 1.807) is 0 Å². The van der Waals surface area contributed by atoms with E-state index < -0.39 is 6.10 Å². The van der Waals surface area contributed by atoms with Crippen LogP contribution in [0.25, 0.3) is 0 Å². The van der Waals surface area contributed by atoms with Crippen LogP contribution in [0.1, 0.15) is 62.3 Å². The summed E-state index contributed by atoms with van der Waals surface area (Å²) in [5, 5.41) is 13.2. The first kappa shape index (κ1) is 23.2. The van der Waals surface area contributed by atoms with Crippen LogP contribution in [0.3, 0.4) is 0 Å². The Labute approximate surface area is 180 Å². The molecule has 170 valence electrons. The number of amides is 1. The van der Waals surface area contributed by atoms with Crippen LogP contribution in [0.5, 0.6) is 0 Å². The summed E-state index contributed by atoms with van der Waals surface area (Å²) in [4.78, 5) is 21.3. The number of aliphatic hydroxyl groups is 1. The molecule has 8 heteroatoms. The largest absolute Gasteiger partial charge is 0.447 e. The fourth-order valence-electron chi connectivity index (χ4n) is 4.11. The average molecular weight is 423 g/mol. The number of piperazine rings is 1. The Morgan fingerprint density at radius 2 is 1.90 bits per heavy atom. The molecule has 1 aromatic rings. The highest BCUT2D eigenvalue weighted by Crippen LogP contribution is 2.18. The fourth-order valence-corrected chi connectivity index (χ4v) is 4.11. The number of nitrogens with zero attached hydrogens (tertiary/aromatic N) is 3. The molecule has 3 rings (SSSR count). The lowest BCUT2D eigenvalue weighted by atomic mass is 9.95. The van der Waals surface area contributed by atoms with Crippen molar-refractivity contribution in [2.45, 2.75) is 64.6 Å². The van der Waals surface area contributed by atoms with Gasteiger partial charge >= 0.3 is 0 Å². The number of β-amino-alcohol motifs (C(OH)–C–C–N with tert-alkyl or cyclic N) is 1. The second-order valence-corrected chi connectivity index (χ2v) is 9.10. The summed E-state index contributed by atoms with van der Waals surface area (Å²) in [5.74, 6) is 0.935. The minimum absolute atomic E-state index is 0.129. The SMILES string of the molecule is CC(C)COC[C@@H](O)CN1CCN(Cc2nc(C(=O)NC3CCCCC3)co2)CC1. The third-order valence-corrected chi connectivity index (χ3v) is 5.78. The van der Waals surface area contributed by atoms with Crippen molar-refractivity contribution in [2.24, 2.45) is 5.92 Å². The first-order valence-corrected chi connectivity index (χ1v) is 11.5. The Morgan fingerprint density at radius 3 is 2.60 bits per heavy atom. The predicted octanol–water partition coefficient (Wildman–Crippen LogP) is 1.89. The third-order valence-electron chi connectivity index (χ3n) is 5.78. The number of rotatable bonds is 10. The number of aromatic nitrogens is 1. The van der Waals surface area contributed by atoms with Crippen LogP contribution >= 0.6 is 0 Å². The normalized spacial score (nSPS) is 20.5. The molecular weight excluding hydrogens is 384 g/mol. The summed E-state index contributed by atoms with van der Waals surface area (Å²) >= 11 is 0. The van der Waals surface area contributed by atoms with E-state index >= 15 is 0 Å². The molecule has 1 aromatic heterocycles. The van der Waals surface area contributed by atoms with Gasteiger partial charge in [0.25, 0.3) is 5.91 Å². The Hall–Kier alpha value is -1.48. The van der Waals surface area contributed by atoms with Crippen molar-refractivity contribution in [3.63, 3.8) is 0 Å². The number of oxazole rings is 1. The van der Waals surface area contributed by atoms with Crippen LogP contribution in [0.2, 0.25) is 0 Å². The number of carbonyl (C=O) groups is 1. The Bertz CT molecular complexity index is 637. The van der Waals surface area contributed by atoms with Crippen molar-refractivity contribution in [1.29, 1.82) is 0 Å². The van der Waals surface area contributed by atoms with Gasteiger partial charge in [-0.25, -0.2) is 4.98 Å². The van der Waals surface area contributed by atoms with Crippen molar-refractivity contribution in [3.05, 3.63) is 17.8 Å². The second kappa shape index (κ2) is 11.8. The number of hydrogen-bond acceptors (Lipinski definition) is 7. The molecule has 0 aromatic carbocycles. The summed E-state index contributed by atoms with van der Waals surface area (Å²) in [7, 11) is 0. The van der Waals surface area contributed by atoms with Crippen LogP contribution in [0.4, 0.5) is 0 Å². The van der Waals surface area contributed by atoms with Crippen molar-refractivity contribution in [1.82, 2.24) is 20.1 Å². The summed E-state index contributed by atoms with van der Waals surface area (Å²) in [6, 6.07) is 0.269. The third kappa shape index (κ3) is 7.65. The number of carbonyl (C=O) groups excluding carboxylic acids is 1. The Balaban J connectivity index is 1.35. The smallest absolute Gasteiger partial charge is 0.273 e. The molecule has 8 nitrogen and oxygen atoms in total. The van der Waals surface area contributed by atoms with Crippen LogP contribution < -0.4 is 5.32 Å². The number of nitrogens with one attached hydrogen (secondary N) is 1. The van der Waals surface area contributed by atoms with Gasteiger partial charge in [0.15, 0.2) is 5.69 Å². The monoisotopic (exact) mass is 422 g/mol. The Kier molecular flexibility index (Phi) is 9.11. The molecule has 1 aliphatic heterocycles. The molecule has 1 saturated carbocycles. The van der Waals surface area contributed by atoms with Gasteiger partial charge in [-0.2, -0.15) is 0 Å². The van der Waals surface area contributed by atoms with Gasteiger partial charge in [0.05, 0.1) is 19.3 Å². The summed E-state index contributed by atoms with van der Waals surface area (Å²) in [6.45, 7) is 10.0. The summed E-state index contributed by atoms with van der Waals surface area (Å²) < 4.78 is 11.1. The highest BCUT2D eigenvalue weighted by molar-refractivity contribution is 5.92. The zero-order valence-corrected chi connectivity index (χ0v) is 18.5. The van der Waals surface area contributed by atoms with Crippen LogP contribution in [0.15, 0.2) is 10.7 Å². The average Bonchev–Trinajstić information content (AvgIpc) is 3.19. The molecule has 0 spiro atoms. The van der Waals surface area contributed by atoms with Crippen molar-refractivity contribution >= 4 is 5.91 Å². The minimum Gasteiger partial charge on any atom is -0.447 e. The van der Waals surface area contributed by atoms with Gasteiger partial charge in [-0.05, 0) is 18.8 Å². The fraction of sp³-hybridized carbons (Fsp3) is 0.818. The molecule has 2 aliphatic rings. The molecule has 1 aliphatic carbocycles. The lowest BCUT2D eigenvalue weighted by Crippen LogP contribution is -2.48. The lowest BCUT2D eigenvalue weighted by Gasteiger charge is -2.34. The van der Waals surface area contributed by atoms with Gasteiger partial charge in [-0.3, -0.25) is 14.6 Å². The van der Waals surface area contributed by atoms with E-state index in [1.807, 2.05) is 0 Å². The molecular formula is C22H38N4O4. The van der Waals surface area contributed by atoms with E-state index in [2.05, 4.69) is 33.9 Å². The number of hydrogen-bond donors (Lipinski definition) is 2. The summed E-state index contributed by atoms with van der Waals surface area (Å²) in [6.07, 6.45) is 6.76. The molecule has 0 bridgehead atoms. The number of aliphatic hydroxyl groups excluding tert-OH is 1. The van der Waals surface area contributed by atoms with Gasteiger partial charge in [-0.15, -0.1) is 0 Å². The predicted molar refractivity (Wildman–Crippen MR) is 114 cm³/mol. The maximum Gasteiger partial charge on any atom is 0.273 e. The standard InChI is InChI=1S/C22H38N4O4/c1-17(2)14-29-15-19(27)12-25-8-10-26(11-9-25)13-21-24-20(16-30-21)22(28)23-18-6-4-3-5-7-18/h16-19,27H,3-15H2,1-2H3,(H,23,28)/t19-/m0/s1. The van der Waals surface area contributed by atoms with E-state index in [0.29, 0.717) is 43.8 Å². The van der Waals surface area contributed by atoms with E-state index in [1.165, 1.54) is 25.5 Å². The van der Waals surface area contributed by atoms with E-state index in [9.17, 15) is 9.90 Å². The quantitative estimate of drug-likeness (QED) is 0.595. The molecule has 1 saturated heterocycles. The Morgan fingerprint density at radius 1 is 1.20 bits per heavy atom. The first-order chi connectivity index (χ1) is 14.5. The molecule has 2 fully saturated rings. The van der Waals surface area contributed by atoms with Crippen molar-refractivity contribution in [3.8, 4) is 0 Å². The van der Waals surface area contributed by atoms with Crippen molar-refractivity contribution < 1.29 is 19.1 Å². The van der Waals surface area contributed by atoms with Gasteiger partial charge in [0.2, 0.25) is 5.89 Å². The van der Waals surface area contributed by atoms with E-state index in [-0.39, 0.29) is 11.9 Å². The van der Waals surface area contributed by atoms with Crippen LogP contribution in [0, 0.1) is 5.92 Å². The zero-order chi connectivity index (χ0) is 21.3.